The number of fused-ring (bicyclic) bond motifs is 2. The number of amides is 2. The first-order valence-electron chi connectivity index (χ1n) is 10.5. The van der Waals surface area contributed by atoms with Gasteiger partial charge in [0.25, 0.3) is 5.91 Å². The standard InChI is InChI=1S/C22H27N5O5/c1-14(2)19(25-22(31)32-13-15-6-4-3-5-7-15)18(28)10-16-12-27-24-11-17(26-27)8-9-23-21(30)20(16)29/h3-7,11,14,16,19H,8-10,12-13H2,1-2H3,(H,23,30)(H,25,31). The van der Waals surface area contributed by atoms with Crippen molar-refractivity contribution in [3.8, 4) is 0 Å². The van der Waals surface area contributed by atoms with Crippen molar-refractivity contribution in [3.63, 3.8) is 0 Å². The minimum Gasteiger partial charge on any atom is -0.445 e. The van der Waals surface area contributed by atoms with Crippen LogP contribution in [0.4, 0.5) is 4.79 Å². The van der Waals surface area contributed by atoms with Crippen LogP contribution in [0.15, 0.2) is 36.5 Å². The van der Waals surface area contributed by atoms with Crippen molar-refractivity contribution < 1.29 is 23.9 Å². The van der Waals surface area contributed by atoms with Crippen LogP contribution >= 0.6 is 0 Å². The fraction of sp³-hybridized carbons (Fsp3) is 0.455. The number of nitrogens with one attached hydrogen (secondary N) is 2. The number of ether oxygens (including phenoxy) is 1. The minimum atomic E-state index is -0.941. The number of alkyl carbamates (subject to hydrolysis) is 1. The third-order valence-corrected chi connectivity index (χ3v) is 5.18. The number of nitrogens with zero attached hydrogens (tertiary/aromatic N) is 3. The molecule has 10 nitrogen and oxygen atoms in total. The summed E-state index contributed by atoms with van der Waals surface area (Å²) in [6.45, 7) is 3.89. The Bertz CT molecular complexity index is 972. The van der Waals surface area contributed by atoms with Gasteiger partial charge >= 0.3 is 6.09 Å². The lowest BCUT2D eigenvalue weighted by molar-refractivity contribution is -0.141. The summed E-state index contributed by atoms with van der Waals surface area (Å²) >= 11 is 0. The summed E-state index contributed by atoms with van der Waals surface area (Å²) in [4.78, 5) is 51.5. The van der Waals surface area contributed by atoms with Crippen LogP contribution in [0, 0.1) is 11.8 Å². The molecular weight excluding hydrogens is 414 g/mol. The molecule has 2 N–H and O–H groups in total. The van der Waals surface area contributed by atoms with E-state index in [9.17, 15) is 19.2 Å². The minimum absolute atomic E-state index is 0.00125. The molecule has 1 aromatic heterocycles. The second-order valence-electron chi connectivity index (χ2n) is 8.06. The van der Waals surface area contributed by atoms with Gasteiger partial charge in [-0.05, 0) is 11.5 Å². The summed E-state index contributed by atoms with van der Waals surface area (Å²) in [5.74, 6) is -2.99. The van der Waals surface area contributed by atoms with Gasteiger partial charge in [-0.3, -0.25) is 14.4 Å². The molecule has 2 amide bonds. The molecule has 1 aliphatic rings. The maximum absolute atomic E-state index is 13.0. The number of Topliss-reactive ketones (excluding diaryl/α,β-unsaturated/α-hetero) is 2. The van der Waals surface area contributed by atoms with Crippen LogP contribution in [-0.4, -0.2) is 51.1 Å². The molecule has 0 spiro atoms. The normalized spacial score (nSPS) is 17.4. The van der Waals surface area contributed by atoms with Gasteiger partial charge in [0, 0.05) is 19.4 Å². The Balaban J connectivity index is 1.65. The number of hydrogen-bond acceptors (Lipinski definition) is 7. The maximum Gasteiger partial charge on any atom is 0.408 e. The number of benzene rings is 1. The first kappa shape index (κ1) is 23.1. The van der Waals surface area contributed by atoms with Crippen molar-refractivity contribution >= 4 is 23.6 Å². The van der Waals surface area contributed by atoms with Gasteiger partial charge < -0.3 is 15.4 Å². The molecule has 2 unspecified atom stereocenters. The zero-order valence-electron chi connectivity index (χ0n) is 18.1. The van der Waals surface area contributed by atoms with E-state index < -0.39 is 29.7 Å². The SMILES string of the molecule is CC(C)C(NC(=O)OCc1ccccc1)C(=O)CC1Cn2ncc(n2)CCNC(=O)C1=O. The fourth-order valence-electron chi connectivity index (χ4n) is 3.43. The molecule has 2 heterocycles. The summed E-state index contributed by atoms with van der Waals surface area (Å²) in [5, 5.41) is 13.5. The highest BCUT2D eigenvalue weighted by Gasteiger charge is 2.33. The summed E-state index contributed by atoms with van der Waals surface area (Å²) < 4.78 is 5.22. The predicted octanol–water partition coefficient (Wildman–Crippen LogP) is 1.05. The molecule has 2 bridgehead atoms. The molecule has 0 fully saturated rings. The number of rotatable bonds is 7. The Labute approximate surface area is 185 Å². The molecule has 0 radical (unpaired) electrons. The van der Waals surface area contributed by atoms with Crippen LogP contribution in [0.3, 0.4) is 0 Å². The van der Waals surface area contributed by atoms with Crippen molar-refractivity contribution in [1.82, 2.24) is 25.6 Å². The second kappa shape index (κ2) is 10.7. The average Bonchev–Trinajstić information content (AvgIpc) is 3.21. The van der Waals surface area contributed by atoms with Crippen LogP contribution in [0.25, 0.3) is 0 Å². The Hall–Kier alpha value is -3.56. The van der Waals surface area contributed by atoms with E-state index in [4.69, 9.17) is 4.74 Å². The highest BCUT2D eigenvalue weighted by atomic mass is 16.5. The van der Waals surface area contributed by atoms with E-state index in [1.54, 1.807) is 20.0 Å². The van der Waals surface area contributed by atoms with E-state index in [0.29, 0.717) is 12.1 Å². The van der Waals surface area contributed by atoms with Crippen molar-refractivity contribution in [1.29, 1.82) is 0 Å². The van der Waals surface area contributed by atoms with Crippen molar-refractivity contribution in [2.45, 2.75) is 45.9 Å². The topological polar surface area (TPSA) is 132 Å². The number of ketones is 2. The molecule has 170 valence electrons. The zero-order chi connectivity index (χ0) is 23.1. The molecule has 2 aromatic rings. The van der Waals surface area contributed by atoms with E-state index >= 15 is 0 Å². The van der Waals surface area contributed by atoms with Crippen molar-refractivity contribution in [2.24, 2.45) is 11.8 Å². The van der Waals surface area contributed by atoms with Crippen LogP contribution in [-0.2, 0) is 38.7 Å². The average molecular weight is 441 g/mol. The van der Waals surface area contributed by atoms with Gasteiger partial charge in [0.15, 0.2) is 5.78 Å². The van der Waals surface area contributed by atoms with E-state index in [1.807, 2.05) is 30.3 Å². The van der Waals surface area contributed by atoms with E-state index in [0.717, 1.165) is 5.56 Å². The van der Waals surface area contributed by atoms with Crippen LogP contribution in [0.5, 0.6) is 0 Å². The predicted molar refractivity (Wildman–Crippen MR) is 113 cm³/mol. The van der Waals surface area contributed by atoms with Crippen LogP contribution < -0.4 is 10.6 Å². The van der Waals surface area contributed by atoms with Gasteiger partial charge in [-0.25, -0.2) is 4.79 Å². The fourth-order valence-corrected chi connectivity index (χ4v) is 3.43. The second-order valence-corrected chi connectivity index (χ2v) is 8.06. The van der Waals surface area contributed by atoms with Gasteiger partial charge in [-0.2, -0.15) is 15.0 Å². The van der Waals surface area contributed by atoms with E-state index in [1.165, 1.54) is 4.80 Å². The lowest BCUT2D eigenvalue weighted by Crippen LogP contribution is -2.47. The number of carbonyl (C=O) groups excluding carboxylic acids is 4. The Morgan fingerprint density at radius 1 is 1.25 bits per heavy atom. The monoisotopic (exact) mass is 441 g/mol. The quantitative estimate of drug-likeness (QED) is 0.614. The molecule has 3 rings (SSSR count). The van der Waals surface area contributed by atoms with Gasteiger partial charge in [-0.1, -0.05) is 44.2 Å². The Morgan fingerprint density at radius 3 is 2.72 bits per heavy atom. The molecule has 2 atom stereocenters. The molecule has 0 saturated heterocycles. The lowest BCUT2D eigenvalue weighted by atomic mass is 9.90. The van der Waals surface area contributed by atoms with Crippen molar-refractivity contribution in [2.75, 3.05) is 6.54 Å². The van der Waals surface area contributed by atoms with Gasteiger partial charge in [0.1, 0.15) is 6.61 Å². The Morgan fingerprint density at radius 2 is 2.00 bits per heavy atom. The van der Waals surface area contributed by atoms with Gasteiger partial charge in [0.2, 0.25) is 5.78 Å². The molecular formula is C22H27N5O5. The number of aromatic nitrogens is 3. The summed E-state index contributed by atoms with van der Waals surface area (Å²) in [5.41, 5.74) is 1.51. The molecule has 1 aliphatic heterocycles. The molecule has 1 aromatic carbocycles. The molecule has 0 saturated carbocycles. The third kappa shape index (κ3) is 6.22. The van der Waals surface area contributed by atoms with Crippen LogP contribution in [0.2, 0.25) is 0 Å². The summed E-state index contributed by atoms with van der Waals surface area (Å²) in [7, 11) is 0. The summed E-state index contributed by atoms with van der Waals surface area (Å²) in [6.07, 6.45) is 1.08. The highest BCUT2D eigenvalue weighted by Crippen LogP contribution is 2.15. The zero-order valence-corrected chi connectivity index (χ0v) is 18.1. The smallest absolute Gasteiger partial charge is 0.408 e. The number of carbonyl (C=O) groups is 4. The molecule has 10 heteroatoms. The molecule has 32 heavy (non-hydrogen) atoms. The van der Waals surface area contributed by atoms with Crippen LogP contribution in [0.1, 0.15) is 31.5 Å². The Kier molecular flexibility index (Phi) is 7.69. The highest BCUT2D eigenvalue weighted by molar-refractivity contribution is 6.37. The first-order valence-corrected chi connectivity index (χ1v) is 10.5. The maximum atomic E-state index is 13.0. The largest absolute Gasteiger partial charge is 0.445 e. The lowest BCUT2D eigenvalue weighted by Gasteiger charge is -2.23. The third-order valence-electron chi connectivity index (χ3n) is 5.18. The van der Waals surface area contributed by atoms with E-state index in [2.05, 4.69) is 20.8 Å². The summed E-state index contributed by atoms with van der Waals surface area (Å²) in [6, 6.07) is 8.30. The molecule has 0 aliphatic carbocycles. The van der Waals surface area contributed by atoms with Gasteiger partial charge in [0.05, 0.1) is 30.4 Å². The van der Waals surface area contributed by atoms with Gasteiger partial charge in [-0.15, -0.1) is 0 Å². The first-order chi connectivity index (χ1) is 15.3. The van der Waals surface area contributed by atoms with E-state index in [-0.39, 0.29) is 37.8 Å². The number of hydrogen-bond donors (Lipinski definition) is 2. The van der Waals surface area contributed by atoms with Crippen molar-refractivity contribution in [3.05, 3.63) is 47.8 Å².